The lowest BCUT2D eigenvalue weighted by Crippen LogP contribution is -2.40. The third-order valence-corrected chi connectivity index (χ3v) is 5.58. The molecular formula is C23H20N4O4. The minimum absolute atomic E-state index is 0.124. The van der Waals surface area contributed by atoms with Gasteiger partial charge in [0.25, 0.3) is 5.91 Å². The Morgan fingerprint density at radius 3 is 2.61 bits per heavy atom. The number of benzene rings is 2. The first kappa shape index (κ1) is 19.0. The number of carbonyl (C=O) groups excluding carboxylic acids is 2. The van der Waals surface area contributed by atoms with E-state index in [0.717, 1.165) is 22.3 Å². The summed E-state index contributed by atoms with van der Waals surface area (Å²) in [5.74, 6) is 0.511. The summed E-state index contributed by atoms with van der Waals surface area (Å²) in [4.78, 5) is 31.2. The Bertz CT molecular complexity index is 1260. The van der Waals surface area contributed by atoms with Crippen LogP contribution in [0.25, 0.3) is 22.4 Å². The van der Waals surface area contributed by atoms with Crippen LogP contribution < -0.4 is 5.32 Å². The van der Waals surface area contributed by atoms with E-state index in [1.165, 1.54) is 5.56 Å². The second-order valence-electron chi connectivity index (χ2n) is 7.66. The molecule has 0 unspecified atom stereocenters. The number of nitrogens with zero attached hydrogens (tertiary/aromatic N) is 3. The lowest BCUT2D eigenvalue weighted by Gasteiger charge is -2.18. The molecule has 2 aromatic carbocycles. The van der Waals surface area contributed by atoms with Gasteiger partial charge in [0.2, 0.25) is 11.7 Å². The van der Waals surface area contributed by atoms with E-state index in [0.29, 0.717) is 17.2 Å². The highest BCUT2D eigenvalue weighted by Gasteiger charge is 2.51. The second-order valence-corrected chi connectivity index (χ2v) is 7.66. The minimum Gasteiger partial charge on any atom is -0.458 e. The van der Waals surface area contributed by atoms with Crippen LogP contribution in [-0.4, -0.2) is 27.0 Å². The molecule has 0 aliphatic carbocycles. The molecule has 8 nitrogen and oxygen atoms in total. The van der Waals surface area contributed by atoms with Gasteiger partial charge in [0.1, 0.15) is 17.9 Å². The first-order chi connectivity index (χ1) is 15.0. The standard InChI is InChI=1S/C23H20N4O4/c1-3-14-8-10-15(11-9-14)20-24-19(31-26-20)13-27-21(28)23(2,25-22(27)29)18-12-16-6-4-5-7-17(16)30-18/h4-12H,3,13H2,1-2H3,(H,25,29)/t23-/m1/s1. The van der Waals surface area contributed by atoms with E-state index in [1.807, 2.05) is 48.5 Å². The fourth-order valence-corrected chi connectivity index (χ4v) is 3.70. The molecule has 1 aliphatic rings. The van der Waals surface area contributed by atoms with E-state index >= 15 is 0 Å². The average Bonchev–Trinajstić information content (AvgIpc) is 3.48. The maximum Gasteiger partial charge on any atom is 0.325 e. The number of para-hydroxylation sites is 1. The molecule has 31 heavy (non-hydrogen) atoms. The van der Waals surface area contributed by atoms with Crippen LogP contribution in [0.15, 0.2) is 63.5 Å². The molecule has 3 amide bonds. The highest BCUT2D eigenvalue weighted by molar-refractivity contribution is 6.07. The van der Waals surface area contributed by atoms with Gasteiger partial charge in [-0.25, -0.2) is 4.79 Å². The zero-order valence-corrected chi connectivity index (χ0v) is 17.1. The number of amides is 3. The van der Waals surface area contributed by atoms with E-state index in [2.05, 4.69) is 22.4 Å². The third-order valence-electron chi connectivity index (χ3n) is 5.58. The Labute approximate surface area is 177 Å². The first-order valence-corrected chi connectivity index (χ1v) is 10.0. The summed E-state index contributed by atoms with van der Waals surface area (Å²) in [7, 11) is 0. The van der Waals surface area contributed by atoms with Crippen LogP contribution in [0.1, 0.15) is 31.1 Å². The van der Waals surface area contributed by atoms with Crippen molar-refractivity contribution < 1.29 is 18.5 Å². The molecule has 0 spiro atoms. The summed E-state index contributed by atoms with van der Waals surface area (Å²) >= 11 is 0. The zero-order chi connectivity index (χ0) is 21.6. The van der Waals surface area contributed by atoms with Gasteiger partial charge in [-0.05, 0) is 31.0 Å². The number of rotatable bonds is 5. The van der Waals surface area contributed by atoms with Crippen molar-refractivity contribution in [3.05, 3.63) is 71.8 Å². The maximum atomic E-state index is 13.2. The zero-order valence-electron chi connectivity index (χ0n) is 17.1. The van der Waals surface area contributed by atoms with Crippen LogP contribution in [0.4, 0.5) is 4.79 Å². The fraction of sp³-hybridized carbons (Fsp3) is 0.217. The molecule has 4 aromatic rings. The number of carbonyl (C=O) groups is 2. The van der Waals surface area contributed by atoms with Crippen molar-refractivity contribution in [2.24, 2.45) is 0 Å². The van der Waals surface area contributed by atoms with Gasteiger partial charge in [-0.3, -0.25) is 9.69 Å². The summed E-state index contributed by atoms with van der Waals surface area (Å²) in [5, 5.41) is 7.57. The molecule has 0 bridgehead atoms. The molecule has 0 saturated carbocycles. The Kier molecular flexibility index (Phi) is 4.35. The Hall–Kier alpha value is -3.94. The molecule has 1 saturated heterocycles. The number of fused-ring (bicyclic) bond motifs is 1. The number of furan rings is 1. The van der Waals surface area contributed by atoms with E-state index in [1.54, 1.807) is 13.0 Å². The van der Waals surface area contributed by atoms with Crippen molar-refractivity contribution >= 4 is 22.9 Å². The van der Waals surface area contributed by atoms with Crippen molar-refractivity contribution in [2.75, 3.05) is 0 Å². The second kappa shape index (κ2) is 7.09. The summed E-state index contributed by atoms with van der Waals surface area (Å²) in [5.41, 5.74) is 1.35. The van der Waals surface area contributed by atoms with Crippen LogP contribution >= 0.6 is 0 Å². The molecule has 1 N–H and O–H groups in total. The highest BCUT2D eigenvalue weighted by atomic mass is 16.5. The molecule has 156 valence electrons. The summed E-state index contributed by atoms with van der Waals surface area (Å²) in [6.07, 6.45) is 0.938. The van der Waals surface area contributed by atoms with Gasteiger partial charge in [0, 0.05) is 10.9 Å². The number of hydrogen-bond acceptors (Lipinski definition) is 6. The number of aryl methyl sites for hydroxylation is 1. The van der Waals surface area contributed by atoms with Gasteiger partial charge >= 0.3 is 6.03 Å². The van der Waals surface area contributed by atoms with Gasteiger partial charge in [-0.2, -0.15) is 4.98 Å². The molecule has 8 heteroatoms. The number of hydrogen-bond donors (Lipinski definition) is 1. The lowest BCUT2D eigenvalue weighted by molar-refractivity contribution is -0.132. The summed E-state index contributed by atoms with van der Waals surface area (Å²) < 4.78 is 11.1. The number of nitrogens with one attached hydrogen (secondary N) is 1. The molecule has 3 heterocycles. The smallest absolute Gasteiger partial charge is 0.325 e. The largest absolute Gasteiger partial charge is 0.458 e. The van der Waals surface area contributed by atoms with Crippen LogP contribution in [0.5, 0.6) is 0 Å². The topological polar surface area (TPSA) is 101 Å². The van der Waals surface area contributed by atoms with E-state index in [4.69, 9.17) is 8.94 Å². The minimum atomic E-state index is -1.31. The van der Waals surface area contributed by atoms with Crippen LogP contribution in [-0.2, 0) is 23.3 Å². The van der Waals surface area contributed by atoms with Crippen LogP contribution in [0.2, 0.25) is 0 Å². The van der Waals surface area contributed by atoms with Crippen molar-refractivity contribution in [1.29, 1.82) is 0 Å². The quantitative estimate of drug-likeness (QED) is 0.493. The predicted molar refractivity (Wildman–Crippen MR) is 112 cm³/mol. The van der Waals surface area contributed by atoms with E-state index < -0.39 is 17.5 Å². The normalized spacial score (nSPS) is 18.7. The predicted octanol–water partition coefficient (Wildman–Crippen LogP) is 4.01. The molecule has 0 radical (unpaired) electrons. The average molecular weight is 416 g/mol. The lowest BCUT2D eigenvalue weighted by atomic mass is 9.99. The van der Waals surface area contributed by atoms with Crippen molar-refractivity contribution in [3.63, 3.8) is 0 Å². The van der Waals surface area contributed by atoms with Gasteiger partial charge < -0.3 is 14.3 Å². The summed E-state index contributed by atoms with van der Waals surface area (Å²) in [6, 6.07) is 16.5. The Morgan fingerprint density at radius 1 is 1.10 bits per heavy atom. The van der Waals surface area contributed by atoms with E-state index in [9.17, 15) is 9.59 Å². The third kappa shape index (κ3) is 3.16. The molecule has 2 aromatic heterocycles. The number of imide groups is 1. The van der Waals surface area contributed by atoms with Gasteiger partial charge in [-0.1, -0.05) is 54.5 Å². The number of aromatic nitrogens is 2. The molecule has 1 fully saturated rings. The molecular weight excluding hydrogens is 396 g/mol. The van der Waals surface area contributed by atoms with Crippen LogP contribution in [0.3, 0.4) is 0 Å². The Balaban J connectivity index is 1.38. The van der Waals surface area contributed by atoms with Crippen LogP contribution in [0, 0.1) is 0 Å². The van der Waals surface area contributed by atoms with Gasteiger partial charge in [0.15, 0.2) is 5.54 Å². The van der Waals surface area contributed by atoms with E-state index in [-0.39, 0.29) is 12.4 Å². The maximum absolute atomic E-state index is 13.2. The van der Waals surface area contributed by atoms with Crippen molar-refractivity contribution in [3.8, 4) is 11.4 Å². The molecule has 1 atom stereocenters. The van der Waals surface area contributed by atoms with Gasteiger partial charge in [0.05, 0.1) is 0 Å². The SMILES string of the molecule is CCc1ccc(-c2noc(CN3C(=O)N[C@](C)(c4cc5ccccc5o4)C3=O)n2)cc1. The van der Waals surface area contributed by atoms with Crippen molar-refractivity contribution in [1.82, 2.24) is 20.4 Å². The number of urea groups is 1. The summed E-state index contributed by atoms with van der Waals surface area (Å²) in [6.45, 7) is 3.58. The fourth-order valence-electron chi connectivity index (χ4n) is 3.70. The first-order valence-electron chi connectivity index (χ1n) is 10.0. The molecule has 5 rings (SSSR count). The molecule has 1 aliphatic heterocycles. The monoisotopic (exact) mass is 416 g/mol. The Morgan fingerprint density at radius 2 is 1.87 bits per heavy atom. The highest BCUT2D eigenvalue weighted by Crippen LogP contribution is 2.33. The van der Waals surface area contributed by atoms with Crippen molar-refractivity contribution in [2.45, 2.75) is 32.4 Å². The van der Waals surface area contributed by atoms with Gasteiger partial charge in [-0.15, -0.1) is 0 Å².